The van der Waals surface area contributed by atoms with E-state index in [4.69, 9.17) is 44.0 Å². The van der Waals surface area contributed by atoms with Gasteiger partial charge in [-0.05, 0) is 31.0 Å². The van der Waals surface area contributed by atoms with Gasteiger partial charge in [0.1, 0.15) is 17.9 Å². The molecule has 0 aliphatic heterocycles. The predicted molar refractivity (Wildman–Crippen MR) is 97.8 cm³/mol. The largest absolute Gasteiger partial charge is 0.487 e. The summed E-state index contributed by atoms with van der Waals surface area (Å²) in [4.78, 5) is 11.9. The summed E-state index contributed by atoms with van der Waals surface area (Å²) in [5.74, 6) is 0.399. The molecule has 0 aliphatic rings. The molecular weight excluding hydrogens is 371 g/mol. The van der Waals surface area contributed by atoms with E-state index in [2.05, 4.69) is 0 Å². The van der Waals surface area contributed by atoms with Crippen LogP contribution in [0.3, 0.4) is 0 Å². The zero-order valence-corrected chi connectivity index (χ0v) is 15.2. The molecule has 1 heterocycles. The van der Waals surface area contributed by atoms with Crippen molar-refractivity contribution in [3.8, 4) is 5.75 Å². The molecule has 0 fully saturated rings. The highest BCUT2D eigenvalue weighted by molar-refractivity contribution is 6.43. The Labute approximate surface area is 153 Å². The average molecular weight is 384 g/mol. The molecule has 2 aromatic carbocycles. The smallest absolute Gasteiger partial charge is 0.336 e. The molecule has 0 atom stereocenters. The van der Waals surface area contributed by atoms with Crippen LogP contribution in [0.1, 0.15) is 16.7 Å². The Hall–Kier alpha value is -1.68. The lowest BCUT2D eigenvalue weighted by Gasteiger charge is -2.12. The van der Waals surface area contributed by atoms with Gasteiger partial charge in [-0.25, -0.2) is 4.79 Å². The van der Waals surface area contributed by atoms with Crippen molar-refractivity contribution in [3.05, 3.63) is 72.5 Å². The van der Waals surface area contributed by atoms with Crippen LogP contribution in [0.4, 0.5) is 0 Å². The van der Waals surface area contributed by atoms with Crippen LogP contribution in [0.15, 0.2) is 39.5 Å². The van der Waals surface area contributed by atoms with Gasteiger partial charge >= 0.3 is 5.63 Å². The van der Waals surface area contributed by atoms with E-state index >= 15 is 0 Å². The zero-order chi connectivity index (χ0) is 17.4. The molecule has 3 aromatic rings. The molecule has 0 saturated carbocycles. The van der Waals surface area contributed by atoms with E-state index in [0.717, 1.165) is 16.5 Å². The fourth-order valence-electron chi connectivity index (χ4n) is 2.41. The van der Waals surface area contributed by atoms with Crippen molar-refractivity contribution < 1.29 is 9.15 Å². The number of ether oxygens (including phenoxy) is 1. The maximum Gasteiger partial charge on any atom is 0.336 e. The minimum Gasteiger partial charge on any atom is -0.487 e. The lowest BCUT2D eigenvalue weighted by molar-refractivity contribution is 0.307. The minimum absolute atomic E-state index is 0.155. The summed E-state index contributed by atoms with van der Waals surface area (Å²) in [6, 6.07) is 8.38. The van der Waals surface area contributed by atoms with Gasteiger partial charge in [0, 0.05) is 23.1 Å². The van der Waals surface area contributed by atoms with Crippen molar-refractivity contribution >= 4 is 45.8 Å². The lowest BCUT2D eigenvalue weighted by atomic mass is 10.0. The summed E-state index contributed by atoms with van der Waals surface area (Å²) < 4.78 is 11.1. The summed E-state index contributed by atoms with van der Waals surface area (Å²) in [6.07, 6.45) is 0. The van der Waals surface area contributed by atoms with Crippen molar-refractivity contribution in [2.24, 2.45) is 0 Å². The SMILES string of the molecule is Cc1ccc2c(COc3cc(Cl)c(Cl)cc3Cl)cc(=O)oc2c1C. The van der Waals surface area contributed by atoms with Crippen molar-refractivity contribution in [3.63, 3.8) is 0 Å². The second-order valence-electron chi connectivity index (χ2n) is 5.46. The van der Waals surface area contributed by atoms with E-state index < -0.39 is 5.63 Å². The Balaban J connectivity index is 2.01. The lowest BCUT2D eigenvalue weighted by Crippen LogP contribution is -2.05. The monoisotopic (exact) mass is 382 g/mol. The number of fused-ring (bicyclic) bond motifs is 1. The number of rotatable bonds is 3. The second-order valence-corrected chi connectivity index (χ2v) is 6.68. The highest BCUT2D eigenvalue weighted by Crippen LogP contribution is 2.34. The third-order valence-electron chi connectivity index (χ3n) is 3.88. The summed E-state index contributed by atoms with van der Waals surface area (Å²) >= 11 is 18.0. The molecule has 0 bridgehead atoms. The van der Waals surface area contributed by atoms with Gasteiger partial charge in [0.2, 0.25) is 0 Å². The first-order valence-corrected chi connectivity index (χ1v) is 8.30. The first kappa shape index (κ1) is 17.2. The van der Waals surface area contributed by atoms with Crippen molar-refractivity contribution in [2.75, 3.05) is 0 Å². The Kier molecular flexibility index (Phi) is 4.77. The molecule has 0 unspecified atom stereocenters. The van der Waals surface area contributed by atoms with Gasteiger partial charge in [-0.3, -0.25) is 0 Å². The van der Waals surface area contributed by atoms with Crippen molar-refractivity contribution in [2.45, 2.75) is 20.5 Å². The second kappa shape index (κ2) is 6.67. The molecule has 0 radical (unpaired) electrons. The van der Waals surface area contributed by atoms with Crippen LogP contribution >= 0.6 is 34.8 Å². The standard InChI is InChI=1S/C18H13Cl3O3/c1-9-3-4-12-11(5-17(22)24-18(12)10(9)2)8-23-16-7-14(20)13(19)6-15(16)21/h3-7H,8H2,1-2H3. The van der Waals surface area contributed by atoms with E-state index in [9.17, 15) is 4.79 Å². The fraction of sp³-hybridized carbons (Fsp3) is 0.167. The van der Waals surface area contributed by atoms with Crippen molar-refractivity contribution in [1.29, 1.82) is 0 Å². The van der Waals surface area contributed by atoms with Crippen LogP contribution in [-0.4, -0.2) is 0 Å². The van der Waals surface area contributed by atoms with Crippen molar-refractivity contribution in [1.82, 2.24) is 0 Å². The van der Waals surface area contributed by atoms with Gasteiger partial charge < -0.3 is 9.15 Å². The summed E-state index contributed by atoms with van der Waals surface area (Å²) in [6.45, 7) is 4.04. The molecule has 3 nitrogen and oxygen atoms in total. The number of halogens is 3. The predicted octanol–water partition coefficient (Wildman–Crippen LogP) is 5.95. The molecule has 1 aromatic heterocycles. The molecule has 0 spiro atoms. The van der Waals surface area contributed by atoms with Gasteiger partial charge in [0.05, 0.1) is 15.1 Å². The molecule has 0 N–H and O–H groups in total. The maximum atomic E-state index is 11.9. The number of benzene rings is 2. The quantitative estimate of drug-likeness (QED) is 0.414. The number of aryl methyl sites for hydroxylation is 2. The molecule has 0 amide bonds. The highest BCUT2D eigenvalue weighted by Gasteiger charge is 2.12. The topological polar surface area (TPSA) is 39.4 Å². The Morgan fingerprint density at radius 1 is 1.00 bits per heavy atom. The first-order chi connectivity index (χ1) is 11.4. The van der Waals surface area contributed by atoms with Gasteiger partial charge in [-0.2, -0.15) is 0 Å². The molecule has 0 aliphatic carbocycles. The normalized spacial score (nSPS) is 11.0. The zero-order valence-electron chi connectivity index (χ0n) is 13.0. The maximum absolute atomic E-state index is 11.9. The molecule has 124 valence electrons. The fourth-order valence-corrected chi connectivity index (χ4v) is 3.01. The molecule has 3 rings (SSSR count). The van der Waals surface area contributed by atoms with E-state index in [1.54, 1.807) is 6.07 Å². The van der Waals surface area contributed by atoms with Gasteiger partial charge in [0.15, 0.2) is 0 Å². The van der Waals surface area contributed by atoms with Gasteiger partial charge in [-0.15, -0.1) is 0 Å². The van der Waals surface area contributed by atoms with E-state index in [-0.39, 0.29) is 6.61 Å². The van der Waals surface area contributed by atoms with Crippen LogP contribution in [0.5, 0.6) is 5.75 Å². The molecule has 24 heavy (non-hydrogen) atoms. The van der Waals surface area contributed by atoms with Crippen LogP contribution in [0.25, 0.3) is 11.0 Å². The molecule has 0 saturated heterocycles. The Morgan fingerprint density at radius 3 is 2.46 bits per heavy atom. The average Bonchev–Trinajstić information content (AvgIpc) is 2.53. The molecule has 6 heteroatoms. The van der Waals surface area contributed by atoms with Crippen LogP contribution in [0.2, 0.25) is 15.1 Å². The third-order valence-corrected chi connectivity index (χ3v) is 4.89. The van der Waals surface area contributed by atoms with Crippen LogP contribution < -0.4 is 10.4 Å². The molecular formula is C18H13Cl3O3. The van der Waals surface area contributed by atoms with Gasteiger partial charge in [0.25, 0.3) is 0 Å². The number of hydrogen-bond acceptors (Lipinski definition) is 3. The first-order valence-electron chi connectivity index (χ1n) is 7.17. The summed E-state index contributed by atoms with van der Waals surface area (Å²) in [7, 11) is 0. The number of hydrogen-bond donors (Lipinski definition) is 0. The van der Waals surface area contributed by atoms with E-state index in [1.165, 1.54) is 12.1 Å². The van der Waals surface area contributed by atoms with E-state index in [1.807, 2.05) is 26.0 Å². The highest BCUT2D eigenvalue weighted by atomic mass is 35.5. The Bertz CT molecular complexity index is 993. The third kappa shape index (κ3) is 3.25. The summed E-state index contributed by atoms with van der Waals surface area (Å²) in [5.41, 5.74) is 2.85. The van der Waals surface area contributed by atoms with Gasteiger partial charge in [-0.1, -0.05) is 46.9 Å². The minimum atomic E-state index is -0.421. The van der Waals surface area contributed by atoms with Crippen LogP contribution in [-0.2, 0) is 6.61 Å². The summed E-state index contributed by atoms with van der Waals surface area (Å²) in [5, 5.41) is 1.88. The Morgan fingerprint density at radius 2 is 1.71 bits per heavy atom. The van der Waals surface area contributed by atoms with E-state index in [0.29, 0.717) is 32.0 Å². The van der Waals surface area contributed by atoms with Crippen LogP contribution in [0, 0.1) is 13.8 Å².